The van der Waals surface area contributed by atoms with Crippen LogP contribution in [0.5, 0.6) is 17.2 Å². The normalized spacial score (nSPS) is 11.9. The molecular weight excluding hydrogens is 508 g/mol. The van der Waals surface area contributed by atoms with Crippen molar-refractivity contribution in [2.75, 3.05) is 7.11 Å². The first-order valence-electron chi connectivity index (χ1n) is 10.4. The molecular formula is C25H20O9S2. The van der Waals surface area contributed by atoms with Gasteiger partial charge in [-0.2, -0.15) is 16.8 Å². The number of methoxy groups -OCH3 is 1. The maximum atomic E-state index is 12.8. The number of aryl methyl sites for hydroxylation is 1. The van der Waals surface area contributed by atoms with Gasteiger partial charge in [-0.15, -0.1) is 0 Å². The topological polar surface area (TPSA) is 144 Å². The fourth-order valence-corrected chi connectivity index (χ4v) is 4.90. The number of rotatable bonds is 7. The number of ketones is 1. The van der Waals surface area contributed by atoms with Gasteiger partial charge in [-0.05, 0) is 60.2 Å². The van der Waals surface area contributed by atoms with E-state index in [0.29, 0.717) is 16.3 Å². The molecule has 0 aromatic heterocycles. The van der Waals surface area contributed by atoms with Crippen LogP contribution in [0.4, 0.5) is 0 Å². The van der Waals surface area contributed by atoms with Gasteiger partial charge in [0.1, 0.15) is 27.0 Å². The molecule has 0 amide bonds. The Morgan fingerprint density at radius 3 is 1.92 bits per heavy atom. The molecule has 0 radical (unpaired) electrons. The van der Waals surface area contributed by atoms with Crippen molar-refractivity contribution >= 4 is 36.8 Å². The first-order chi connectivity index (χ1) is 16.9. The summed E-state index contributed by atoms with van der Waals surface area (Å²) in [6, 6.07) is 17.5. The summed E-state index contributed by atoms with van der Waals surface area (Å²) in [6.45, 7) is 1.87. The van der Waals surface area contributed by atoms with Crippen molar-refractivity contribution in [3.63, 3.8) is 0 Å². The third-order valence-electron chi connectivity index (χ3n) is 5.40. The number of hydrogen-bond acceptors (Lipinski definition) is 7. The van der Waals surface area contributed by atoms with Gasteiger partial charge in [0.15, 0.2) is 5.78 Å². The highest BCUT2D eigenvalue weighted by Gasteiger charge is 2.22. The van der Waals surface area contributed by atoms with Crippen LogP contribution in [0.25, 0.3) is 10.8 Å². The molecule has 0 saturated heterocycles. The van der Waals surface area contributed by atoms with Gasteiger partial charge in [-0.1, -0.05) is 35.9 Å². The molecule has 4 aromatic rings. The molecule has 0 fully saturated rings. The van der Waals surface area contributed by atoms with E-state index in [0.717, 1.165) is 11.6 Å². The summed E-state index contributed by atoms with van der Waals surface area (Å²) in [6.07, 6.45) is 0. The summed E-state index contributed by atoms with van der Waals surface area (Å²) in [5.74, 6) is -0.593. The molecule has 0 spiro atoms. The van der Waals surface area contributed by atoms with Gasteiger partial charge in [0.25, 0.3) is 20.2 Å². The first-order valence-corrected chi connectivity index (χ1v) is 13.2. The molecule has 0 aliphatic heterocycles. The molecule has 0 heterocycles. The Morgan fingerprint density at radius 2 is 1.31 bits per heavy atom. The van der Waals surface area contributed by atoms with Gasteiger partial charge in [0.05, 0.1) is 7.11 Å². The van der Waals surface area contributed by atoms with E-state index in [1.165, 1.54) is 49.6 Å². The van der Waals surface area contributed by atoms with Crippen molar-refractivity contribution < 1.29 is 40.2 Å². The minimum atomic E-state index is -4.77. The van der Waals surface area contributed by atoms with Crippen LogP contribution < -0.4 is 9.47 Å². The van der Waals surface area contributed by atoms with Crippen molar-refractivity contribution in [3.8, 4) is 17.2 Å². The van der Waals surface area contributed by atoms with Crippen molar-refractivity contribution in [2.45, 2.75) is 16.7 Å². The van der Waals surface area contributed by atoms with Gasteiger partial charge in [-0.25, -0.2) is 0 Å². The summed E-state index contributed by atoms with van der Waals surface area (Å²) < 4.78 is 77.4. The van der Waals surface area contributed by atoms with Gasteiger partial charge in [0, 0.05) is 11.1 Å². The lowest BCUT2D eigenvalue weighted by molar-refractivity contribution is 0.103. The SMILES string of the molecule is COc1cc2cc(Oc3ccc(C(=O)c4ccc(C)cc4)cc3S(=O)(=O)O)ccc2cc1S(=O)(=O)O. The molecule has 4 rings (SSSR count). The van der Waals surface area contributed by atoms with Crippen LogP contribution in [-0.2, 0) is 20.2 Å². The van der Waals surface area contributed by atoms with E-state index in [4.69, 9.17) is 9.47 Å². The monoisotopic (exact) mass is 528 g/mol. The van der Waals surface area contributed by atoms with Crippen LogP contribution >= 0.6 is 0 Å². The van der Waals surface area contributed by atoms with Crippen molar-refractivity contribution in [1.29, 1.82) is 0 Å². The molecule has 2 N–H and O–H groups in total. The molecule has 0 unspecified atom stereocenters. The minimum absolute atomic E-state index is 0.0415. The summed E-state index contributed by atoms with van der Waals surface area (Å²) >= 11 is 0. The number of benzene rings is 4. The number of fused-ring (bicyclic) bond motifs is 1. The smallest absolute Gasteiger partial charge is 0.298 e. The van der Waals surface area contributed by atoms with Crippen LogP contribution in [0.3, 0.4) is 0 Å². The fraction of sp³-hybridized carbons (Fsp3) is 0.0800. The number of carbonyl (C=O) groups is 1. The Bertz CT molecular complexity index is 1710. The van der Waals surface area contributed by atoms with Gasteiger partial charge < -0.3 is 9.47 Å². The maximum absolute atomic E-state index is 12.8. The highest BCUT2D eigenvalue weighted by Crippen LogP contribution is 2.35. The zero-order chi connectivity index (χ0) is 26.3. The largest absolute Gasteiger partial charge is 0.495 e. The highest BCUT2D eigenvalue weighted by molar-refractivity contribution is 7.86. The molecule has 36 heavy (non-hydrogen) atoms. The molecule has 0 aliphatic carbocycles. The summed E-state index contributed by atoms with van der Waals surface area (Å²) in [5.41, 5.74) is 1.35. The molecule has 4 aromatic carbocycles. The quantitative estimate of drug-likeness (QED) is 0.258. The van der Waals surface area contributed by atoms with E-state index in [9.17, 15) is 30.7 Å². The molecule has 0 atom stereocenters. The van der Waals surface area contributed by atoms with Gasteiger partial charge >= 0.3 is 0 Å². The van der Waals surface area contributed by atoms with Crippen LogP contribution in [0.2, 0.25) is 0 Å². The van der Waals surface area contributed by atoms with Gasteiger partial charge in [0.2, 0.25) is 0 Å². The third kappa shape index (κ3) is 5.24. The average Bonchev–Trinajstić information content (AvgIpc) is 2.82. The Balaban J connectivity index is 1.74. The lowest BCUT2D eigenvalue weighted by Crippen LogP contribution is -2.06. The molecule has 0 aliphatic rings. The van der Waals surface area contributed by atoms with E-state index >= 15 is 0 Å². The Kier molecular flexibility index (Phi) is 6.58. The van der Waals surface area contributed by atoms with Crippen LogP contribution in [0.15, 0.2) is 82.6 Å². The summed E-state index contributed by atoms with van der Waals surface area (Å²) in [4.78, 5) is 11.8. The molecule has 9 nitrogen and oxygen atoms in total. The van der Waals surface area contributed by atoms with Crippen LogP contribution in [0, 0.1) is 6.92 Å². The summed E-state index contributed by atoms with van der Waals surface area (Å²) in [5, 5.41) is 0.904. The van der Waals surface area contributed by atoms with E-state index in [-0.39, 0.29) is 22.8 Å². The second-order valence-electron chi connectivity index (χ2n) is 7.92. The molecule has 0 bridgehead atoms. The molecule has 186 valence electrons. The lowest BCUT2D eigenvalue weighted by Gasteiger charge is -2.13. The number of hydrogen-bond donors (Lipinski definition) is 2. The first kappa shape index (κ1) is 25.3. The van der Waals surface area contributed by atoms with E-state index in [1.54, 1.807) is 24.3 Å². The van der Waals surface area contributed by atoms with E-state index in [1.807, 2.05) is 6.92 Å². The zero-order valence-electron chi connectivity index (χ0n) is 19.0. The van der Waals surface area contributed by atoms with Gasteiger partial charge in [-0.3, -0.25) is 13.9 Å². The predicted molar refractivity (Wildman–Crippen MR) is 131 cm³/mol. The lowest BCUT2D eigenvalue weighted by atomic mass is 10.0. The zero-order valence-corrected chi connectivity index (χ0v) is 20.6. The van der Waals surface area contributed by atoms with Crippen molar-refractivity contribution in [1.82, 2.24) is 0 Å². The predicted octanol–water partition coefficient (Wildman–Crippen LogP) is 4.67. The maximum Gasteiger partial charge on any atom is 0.298 e. The van der Waals surface area contributed by atoms with E-state index in [2.05, 4.69) is 0 Å². The Hall–Kier alpha value is -3.77. The number of ether oxygens (including phenoxy) is 2. The minimum Gasteiger partial charge on any atom is -0.495 e. The Labute approximate surface area is 207 Å². The Morgan fingerprint density at radius 1 is 0.694 bits per heavy atom. The highest BCUT2D eigenvalue weighted by atomic mass is 32.2. The second kappa shape index (κ2) is 9.36. The van der Waals surface area contributed by atoms with Crippen LogP contribution in [-0.4, -0.2) is 38.8 Å². The van der Waals surface area contributed by atoms with Crippen LogP contribution in [0.1, 0.15) is 21.5 Å². The van der Waals surface area contributed by atoms with Crippen molar-refractivity contribution in [3.05, 3.63) is 89.5 Å². The molecule has 11 heteroatoms. The fourth-order valence-electron chi connectivity index (χ4n) is 3.59. The van der Waals surface area contributed by atoms with Crippen molar-refractivity contribution in [2.24, 2.45) is 0 Å². The standard InChI is InChI=1S/C25H20O9S2/c1-15-3-5-16(6-4-15)25(26)18-8-10-21(23(14-18)35(27,28)29)34-20-9-7-17-13-24(36(30,31)32)22(33-2)12-19(17)11-20/h3-14H,1-2H3,(H,27,28,29)(H,30,31,32). The average molecular weight is 529 g/mol. The second-order valence-corrected chi connectivity index (χ2v) is 10.7. The van der Waals surface area contributed by atoms with E-state index < -0.39 is 35.8 Å². The third-order valence-corrected chi connectivity index (χ3v) is 7.15. The molecule has 0 saturated carbocycles. The number of carbonyl (C=O) groups excluding carboxylic acids is 1. The summed E-state index contributed by atoms with van der Waals surface area (Å²) in [7, 11) is -8.05.